The number of halogens is 1. The zero-order valence-electron chi connectivity index (χ0n) is 12.4. The first kappa shape index (κ1) is 15.2. The molecule has 5 nitrogen and oxygen atoms in total. The van der Waals surface area contributed by atoms with Gasteiger partial charge in [0.05, 0.1) is 11.6 Å². The van der Waals surface area contributed by atoms with Gasteiger partial charge in [-0.3, -0.25) is 9.59 Å². The highest BCUT2D eigenvalue weighted by atomic mass is 35.5. The second-order valence-electron chi connectivity index (χ2n) is 5.15. The second-order valence-corrected chi connectivity index (χ2v) is 5.59. The van der Waals surface area contributed by atoms with E-state index in [-0.39, 0.29) is 11.5 Å². The smallest absolute Gasteiger partial charge is 0.275 e. The third-order valence-electron chi connectivity index (χ3n) is 3.58. The van der Waals surface area contributed by atoms with Crippen LogP contribution in [0.5, 0.6) is 0 Å². The molecule has 0 radical (unpaired) electrons. The molecule has 0 unspecified atom stereocenters. The number of fused-ring (bicyclic) bond motifs is 1. The van der Waals surface area contributed by atoms with Crippen molar-refractivity contribution in [3.05, 3.63) is 70.1 Å². The quantitative estimate of drug-likeness (QED) is 0.803. The van der Waals surface area contributed by atoms with Gasteiger partial charge in [0.1, 0.15) is 6.04 Å². The van der Waals surface area contributed by atoms with Crippen LogP contribution in [-0.2, 0) is 4.79 Å². The number of hydrogen-bond donors (Lipinski definition) is 1. The number of carbonyl (C=O) groups excluding carboxylic acids is 1. The van der Waals surface area contributed by atoms with E-state index in [0.717, 1.165) is 5.39 Å². The van der Waals surface area contributed by atoms with E-state index in [9.17, 15) is 9.59 Å². The van der Waals surface area contributed by atoms with E-state index in [1.165, 1.54) is 4.68 Å². The Balaban J connectivity index is 1.89. The minimum atomic E-state index is -0.734. The number of amides is 1. The Morgan fingerprint density at radius 2 is 1.87 bits per heavy atom. The van der Waals surface area contributed by atoms with Gasteiger partial charge in [-0.1, -0.05) is 29.8 Å². The third kappa shape index (κ3) is 3.10. The van der Waals surface area contributed by atoms with Crippen molar-refractivity contribution >= 4 is 34.0 Å². The van der Waals surface area contributed by atoms with Crippen LogP contribution >= 0.6 is 11.6 Å². The van der Waals surface area contributed by atoms with Gasteiger partial charge in [-0.15, -0.1) is 0 Å². The Bertz CT molecular complexity index is 919. The molecule has 0 aliphatic heterocycles. The summed E-state index contributed by atoms with van der Waals surface area (Å²) in [5, 5.41) is 8.72. The molecule has 0 spiro atoms. The summed E-state index contributed by atoms with van der Waals surface area (Å²) in [4.78, 5) is 24.8. The van der Waals surface area contributed by atoms with E-state index in [2.05, 4.69) is 10.4 Å². The zero-order chi connectivity index (χ0) is 16.4. The summed E-state index contributed by atoms with van der Waals surface area (Å²) >= 11 is 5.81. The molecule has 1 aromatic heterocycles. The summed E-state index contributed by atoms with van der Waals surface area (Å²) in [5.74, 6) is -0.322. The van der Waals surface area contributed by atoms with Crippen LogP contribution in [0.2, 0.25) is 5.02 Å². The molecule has 3 aromatic rings. The molecule has 0 bridgehead atoms. The van der Waals surface area contributed by atoms with E-state index in [1.54, 1.807) is 49.5 Å². The van der Waals surface area contributed by atoms with E-state index in [1.807, 2.05) is 12.1 Å². The number of carbonyl (C=O) groups is 1. The number of anilines is 1. The molecule has 116 valence electrons. The largest absolute Gasteiger partial charge is 0.324 e. The molecule has 23 heavy (non-hydrogen) atoms. The van der Waals surface area contributed by atoms with Crippen LogP contribution in [0.25, 0.3) is 10.8 Å². The monoisotopic (exact) mass is 327 g/mol. The molecule has 1 N–H and O–H groups in total. The number of rotatable bonds is 3. The maximum Gasteiger partial charge on any atom is 0.275 e. The van der Waals surface area contributed by atoms with Crippen molar-refractivity contribution in [3.8, 4) is 0 Å². The van der Waals surface area contributed by atoms with Crippen LogP contribution in [0.1, 0.15) is 13.0 Å². The normalized spacial score (nSPS) is 12.1. The SMILES string of the molecule is C[C@H](C(=O)Nc1ccc(Cl)cc1)n1ncc2ccccc2c1=O. The van der Waals surface area contributed by atoms with Gasteiger partial charge in [-0.2, -0.15) is 5.10 Å². The molecule has 1 amide bonds. The van der Waals surface area contributed by atoms with Gasteiger partial charge in [-0.25, -0.2) is 4.68 Å². The molecule has 0 fully saturated rings. The average molecular weight is 328 g/mol. The van der Waals surface area contributed by atoms with E-state index in [0.29, 0.717) is 16.1 Å². The lowest BCUT2D eigenvalue weighted by Gasteiger charge is -2.14. The lowest BCUT2D eigenvalue weighted by atomic mass is 10.2. The van der Waals surface area contributed by atoms with Gasteiger partial charge < -0.3 is 5.32 Å². The van der Waals surface area contributed by atoms with Gasteiger partial charge in [0.2, 0.25) is 5.91 Å². The molecular formula is C17H14ClN3O2. The van der Waals surface area contributed by atoms with E-state index >= 15 is 0 Å². The van der Waals surface area contributed by atoms with Crippen LogP contribution in [-0.4, -0.2) is 15.7 Å². The predicted octanol–water partition coefficient (Wildman–Crippen LogP) is 3.25. The molecule has 1 atom stereocenters. The molecular weight excluding hydrogens is 314 g/mol. The van der Waals surface area contributed by atoms with E-state index < -0.39 is 6.04 Å². The molecule has 0 aliphatic carbocycles. The Kier molecular flexibility index (Phi) is 4.12. The van der Waals surface area contributed by atoms with Crippen molar-refractivity contribution in [1.82, 2.24) is 9.78 Å². The highest BCUT2D eigenvalue weighted by Crippen LogP contribution is 2.15. The molecule has 2 aromatic carbocycles. The van der Waals surface area contributed by atoms with E-state index in [4.69, 9.17) is 11.6 Å². The lowest BCUT2D eigenvalue weighted by Crippen LogP contribution is -2.33. The Morgan fingerprint density at radius 3 is 2.61 bits per heavy atom. The first-order valence-electron chi connectivity index (χ1n) is 7.09. The number of hydrogen-bond acceptors (Lipinski definition) is 3. The molecule has 0 saturated carbocycles. The molecule has 0 aliphatic rings. The summed E-state index contributed by atoms with van der Waals surface area (Å²) in [5.41, 5.74) is 0.321. The van der Waals surface area contributed by atoms with Gasteiger partial charge >= 0.3 is 0 Å². The summed E-state index contributed by atoms with van der Waals surface area (Å²) in [7, 11) is 0. The first-order valence-corrected chi connectivity index (χ1v) is 7.47. The summed E-state index contributed by atoms with van der Waals surface area (Å²) < 4.78 is 1.19. The fourth-order valence-corrected chi connectivity index (χ4v) is 2.40. The molecule has 6 heteroatoms. The van der Waals surface area contributed by atoms with Gasteiger partial charge in [0.25, 0.3) is 5.56 Å². The maximum atomic E-state index is 12.5. The van der Waals surface area contributed by atoms with Crippen LogP contribution in [0.4, 0.5) is 5.69 Å². The first-order chi connectivity index (χ1) is 11.1. The number of nitrogens with one attached hydrogen (secondary N) is 1. The molecule has 1 heterocycles. The minimum Gasteiger partial charge on any atom is -0.324 e. The van der Waals surface area contributed by atoms with Crippen LogP contribution < -0.4 is 10.9 Å². The number of aromatic nitrogens is 2. The van der Waals surface area contributed by atoms with Crippen LogP contribution in [0.15, 0.2) is 59.5 Å². The summed E-state index contributed by atoms with van der Waals surface area (Å²) in [6, 6.07) is 13.2. The predicted molar refractivity (Wildman–Crippen MR) is 90.8 cm³/mol. The van der Waals surface area contributed by atoms with Crippen molar-refractivity contribution in [2.75, 3.05) is 5.32 Å². The average Bonchev–Trinajstić information content (AvgIpc) is 2.57. The Morgan fingerprint density at radius 1 is 1.17 bits per heavy atom. The highest BCUT2D eigenvalue weighted by molar-refractivity contribution is 6.30. The van der Waals surface area contributed by atoms with Crippen LogP contribution in [0.3, 0.4) is 0 Å². The van der Waals surface area contributed by atoms with Crippen molar-refractivity contribution in [3.63, 3.8) is 0 Å². The lowest BCUT2D eigenvalue weighted by molar-refractivity contribution is -0.119. The highest BCUT2D eigenvalue weighted by Gasteiger charge is 2.18. The molecule has 3 rings (SSSR count). The standard InChI is InChI=1S/C17H14ClN3O2/c1-11(16(22)20-14-8-6-13(18)7-9-14)21-17(23)15-5-3-2-4-12(15)10-19-21/h2-11H,1H3,(H,20,22)/t11-/m1/s1. The van der Waals surface area contributed by atoms with Crippen molar-refractivity contribution in [2.45, 2.75) is 13.0 Å². The number of benzene rings is 2. The fourth-order valence-electron chi connectivity index (χ4n) is 2.27. The summed E-state index contributed by atoms with van der Waals surface area (Å²) in [6.07, 6.45) is 1.59. The van der Waals surface area contributed by atoms with Crippen molar-refractivity contribution in [1.29, 1.82) is 0 Å². The maximum absolute atomic E-state index is 12.5. The van der Waals surface area contributed by atoms with Gasteiger partial charge in [0.15, 0.2) is 0 Å². The van der Waals surface area contributed by atoms with Crippen molar-refractivity contribution < 1.29 is 4.79 Å². The Hall–Kier alpha value is -2.66. The zero-order valence-corrected chi connectivity index (χ0v) is 13.1. The van der Waals surface area contributed by atoms with Crippen LogP contribution in [0, 0.1) is 0 Å². The second kappa shape index (κ2) is 6.22. The summed E-state index contributed by atoms with van der Waals surface area (Å²) in [6.45, 7) is 1.63. The fraction of sp³-hybridized carbons (Fsp3) is 0.118. The van der Waals surface area contributed by atoms with Gasteiger partial charge in [-0.05, 0) is 37.3 Å². The third-order valence-corrected chi connectivity index (χ3v) is 3.83. The topological polar surface area (TPSA) is 64.0 Å². The van der Waals surface area contributed by atoms with Crippen molar-refractivity contribution in [2.24, 2.45) is 0 Å². The molecule has 0 saturated heterocycles. The van der Waals surface area contributed by atoms with Gasteiger partial charge in [0, 0.05) is 16.1 Å². The Labute approximate surface area is 137 Å². The minimum absolute atomic E-state index is 0.290. The number of nitrogens with zero attached hydrogens (tertiary/aromatic N) is 2.